The lowest BCUT2D eigenvalue weighted by atomic mass is 10.1. The molecule has 1 fully saturated rings. The van der Waals surface area contributed by atoms with Crippen LogP contribution in [0.5, 0.6) is 11.6 Å². The van der Waals surface area contributed by atoms with Gasteiger partial charge in [0.15, 0.2) is 0 Å². The summed E-state index contributed by atoms with van der Waals surface area (Å²) in [6, 6.07) is 22.9. The van der Waals surface area contributed by atoms with Crippen LogP contribution in [0, 0.1) is 0 Å². The molecule has 2 aromatic heterocycles. The molecule has 0 atom stereocenters. The van der Waals surface area contributed by atoms with Gasteiger partial charge in [-0.05, 0) is 54.3 Å². The highest BCUT2D eigenvalue weighted by Crippen LogP contribution is 2.34. The van der Waals surface area contributed by atoms with E-state index in [0.717, 1.165) is 12.0 Å². The number of thiocarbonyl (C=S) groups is 1. The van der Waals surface area contributed by atoms with Gasteiger partial charge >= 0.3 is 0 Å². The summed E-state index contributed by atoms with van der Waals surface area (Å²) < 4.78 is 7.97. The number of carbonyl (C=O) groups is 1. The first kappa shape index (κ1) is 24.0. The Kier molecular flexibility index (Phi) is 6.97. The zero-order chi connectivity index (χ0) is 25.1. The molecule has 0 radical (unpaired) electrons. The second-order valence-corrected chi connectivity index (χ2v) is 9.91. The Morgan fingerprint density at radius 2 is 1.72 bits per heavy atom. The van der Waals surface area contributed by atoms with Crippen LogP contribution in [0.1, 0.15) is 23.6 Å². The highest BCUT2D eigenvalue weighted by molar-refractivity contribution is 8.26. The summed E-state index contributed by atoms with van der Waals surface area (Å²) in [5, 5.41) is 0. The average Bonchev–Trinajstić information content (AvgIpc) is 3.17. The highest BCUT2D eigenvalue weighted by Gasteiger charge is 2.32. The molecule has 1 saturated heterocycles. The van der Waals surface area contributed by atoms with E-state index < -0.39 is 0 Å². The van der Waals surface area contributed by atoms with Crippen LogP contribution in [0.25, 0.3) is 11.7 Å². The Balaban J connectivity index is 1.49. The van der Waals surface area contributed by atoms with E-state index in [0.29, 0.717) is 33.6 Å². The fourth-order valence-electron chi connectivity index (χ4n) is 3.90. The van der Waals surface area contributed by atoms with E-state index >= 15 is 0 Å². The molecular weight excluding hydrogens is 490 g/mol. The Bertz CT molecular complexity index is 1530. The molecule has 0 aliphatic carbocycles. The molecule has 3 heterocycles. The summed E-state index contributed by atoms with van der Waals surface area (Å²) in [4.78, 5) is 33.2. The molecule has 0 bridgehead atoms. The van der Waals surface area contributed by atoms with E-state index in [-0.39, 0.29) is 22.9 Å². The van der Waals surface area contributed by atoms with E-state index in [1.807, 2.05) is 54.6 Å². The van der Waals surface area contributed by atoms with E-state index in [1.54, 1.807) is 35.4 Å². The summed E-state index contributed by atoms with van der Waals surface area (Å²) in [5.41, 5.74) is 2.62. The Hall–Kier alpha value is -3.75. The molecule has 0 N–H and O–H groups in total. The number of aryl methyl sites for hydroxylation is 1. The number of fused-ring (bicyclic) bond motifs is 1. The number of pyridine rings is 1. The first-order valence-corrected chi connectivity index (χ1v) is 12.8. The van der Waals surface area contributed by atoms with Crippen LogP contribution < -0.4 is 10.3 Å². The van der Waals surface area contributed by atoms with Crippen LogP contribution in [0.3, 0.4) is 0 Å². The van der Waals surface area contributed by atoms with Gasteiger partial charge in [-0.2, -0.15) is 4.98 Å². The number of aromatic nitrogens is 2. The van der Waals surface area contributed by atoms with Gasteiger partial charge in [0, 0.05) is 12.7 Å². The second kappa shape index (κ2) is 10.5. The van der Waals surface area contributed by atoms with Gasteiger partial charge in [-0.1, -0.05) is 79.4 Å². The number of thioether (sulfide) groups is 1. The minimum absolute atomic E-state index is 0.144. The molecule has 0 unspecified atom stereocenters. The van der Waals surface area contributed by atoms with Crippen molar-refractivity contribution in [1.82, 2.24) is 14.3 Å². The zero-order valence-corrected chi connectivity index (χ0v) is 21.2. The van der Waals surface area contributed by atoms with Gasteiger partial charge in [-0.25, -0.2) is 0 Å². The van der Waals surface area contributed by atoms with E-state index in [1.165, 1.54) is 21.7 Å². The number of ether oxygens (including phenoxy) is 1. The van der Waals surface area contributed by atoms with Crippen molar-refractivity contribution in [3.05, 3.63) is 111 Å². The second-order valence-electron chi connectivity index (χ2n) is 8.23. The third-order valence-corrected chi connectivity index (χ3v) is 7.27. The fraction of sp³-hybridized carbons (Fsp3) is 0.143. The predicted octanol–water partition coefficient (Wildman–Crippen LogP) is 5.49. The summed E-state index contributed by atoms with van der Waals surface area (Å²) >= 11 is 6.68. The van der Waals surface area contributed by atoms with Crippen molar-refractivity contribution in [2.75, 3.05) is 6.54 Å². The molecule has 6 nitrogen and oxygen atoms in total. The predicted molar refractivity (Wildman–Crippen MR) is 147 cm³/mol. The number of hydrogen-bond acceptors (Lipinski definition) is 6. The van der Waals surface area contributed by atoms with Gasteiger partial charge in [0.1, 0.15) is 21.3 Å². The van der Waals surface area contributed by atoms with Crippen molar-refractivity contribution < 1.29 is 9.53 Å². The lowest BCUT2D eigenvalue weighted by Gasteiger charge is -2.14. The summed E-state index contributed by atoms with van der Waals surface area (Å²) in [5.74, 6) is 0.478. The molecule has 36 heavy (non-hydrogen) atoms. The molecule has 1 aliphatic heterocycles. The van der Waals surface area contributed by atoms with Gasteiger partial charge in [0.25, 0.3) is 11.5 Å². The van der Waals surface area contributed by atoms with Gasteiger partial charge in [0.05, 0.1) is 4.91 Å². The van der Waals surface area contributed by atoms with Crippen LogP contribution in [-0.2, 0) is 17.6 Å². The number of carbonyl (C=O) groups excluding carboxylic acids is 1. The molecule has 2 aromatic carbocycles. The lowest BCUT2D eigenvalue weighted by molar-refractivity contribution is -0.122. The van der Waals surface area contributed by atoms with Crippen molar-refractivity contribution in [1.29, 1.82) is 0 Å². The van der Waals surface area contributed by atoms with E-state index in [9.17, 15) is 9.59 Å². The molecule has 1 amide bonds. The molecule has 180 valence electrons. The van der Waals surface area contributed by atoms with Crippen molar-refractivity contribution in [2.24, 2.45) is 0 Å². The number of hydrogen-bond donors (Lipinski definition) is 0. The largest absolute Gasteiger partial charge is 0.438 e. The smallest absolute Gasteiger partial charge is 0.269 e. The number of amides is 1. The highest BCUT2D eigenvalue weighted by atomic mass is 32.2. The molecule has 5 rings (SSSR count). The maximum atomic E-state index is 13.4. The maximum Gasteiger partial charge on any atom is 0.269 e. The van der Waals surface area contributed by atoms with Crippen LogP contribution in [0.2, 0.25) is 0 Å². The topological polar surface area (TPSA) is 63.9 Å². The van der Waals surface area contributed by atoms with Crippen molar-refractivity contribution in [3.63, 3.8) is 0 Å². The third-order valence-electron chi connectivity index (χ3n) is 5.90. The van der Waals surface area contributed by atoms with Crippen molar-refractivity contribution in [2.45, 2.75) is 19.8 Å². The summed E-state index contributed by atoms with van der Waals surface area (Å²) in [7, 11) is 0. The average molecular weight is 514 g/mol. The summed E-state index contributed by atoms with van der Waals surface area (Å²) in [6.07, 6.45) is 4.79. The van der Waals surface area contributed by atoms with E-state index in [4.69, 9.17) is 17.0 Å². The molecular formula is C28H23N3O3S2. The molecule has 1 aliphatic rings. The Labute approximate surface area is 218 Å². The van der Waals surface area contributed by atoms with Crippen LogP contribution in [0.15, 0.2) is 88.7 Å². The minimum atomic E-state index is -0.324. The minimum Gasteiger partial charge on any atom is -0.438 e. The molecule has 8 heteroatoms. The van der Waals surface area contributed by atoms with Gasteiger partial charge < -0.3 is 4.74 Å². The fourth-order valence-corrected chi connectivity index (χ4v) is 5.19. The van der Waals surface area contributed by atoms with Gasteiger partial charge in [0.2, 0.25) is 5.88 Å². The number of rotatable bonds is 7. The molecule has 4 aromatic rings. The van der Waals surface area contributed by atoms with Crippen LogP contribution in [-0.4, -0.2) is 31.1 Å². The molecule has 0 saturated carbocycles. The summed E-state index contributed by atoms with van der Waals surface area (Å²) in [6.45, 7) is 2.55. The van der Waals surface area contributed by atoms with Crippen molar-refractivity contribution in [3.8, 4) is 11.6 Å². The first-order valence-electron chi connectivity index (χ1n) is 11.6. The van der Waals surface area contributed by atoms with Crippen molar-refractivity contribution >= 4 is 45.9 Å². The van der Waals surface area contributed by atoms with Gasteiger partial charge in [-0.15, -0.1) is 0 Å². The van der Waals surface area contributed by atoms with E-state index in [2.05, 4.69) is 11.9 Å². The van der Waals surface area contributed by atoms with Crippen LogP contribution >= 0.6 is 24.0 Å². The zero-order valence-electron chi connectivity index (χ0n) is 19.6. The van der Waals surface area contributed by atoms with Gasteiger partial charge in [-0.3, -0.25) is 18.9 Å². The standard InChI is InChI=1S/C28H23N3O3S2/c1-2-19-11-13-21(14-12-19)34-25-22(26(32)30-16-7-6-10-24(30)29-25)18-23-27(33)31(28(35)36-23)17-15-20-8-4-3-5-9-20/h3-14,16,18H,2,15,17H2,1H3/b23-18+. The normalized spacial score (nSPS) is 14.7. The Morgan fingerprint density at radius 1 is 0.972 bits per heavy atom. The van der Waals surface area contributed by atoms with Crippen LogP contribution in [0.4, 0.5) is 0 Å². The quantitative estimate of drug-likeness (QED) is 0.240. The number of nitrogens with zero attached hydrogens (tertiary/aromatic N) is 3. The number of benzene rings is 2. The maximum absolute atomic E-state index is 13.4. The SMILES string of the molecule is CCc1ccc(Oc2nc3ccccn3c(=O)c2/C=C2/SC(=S)N(CCc3ccccc3)C2=O)cc1. The third kappa shape index (κ3) is 4.96. The monoisotopic (exact) mass is 513 g/mol. The first-order chi connectivity index (χ1) is 17.5. The Morgan fingerprint density at radius 3 is 2.47 bits per heavy atom. The molecule has 0 spiro atoms. The lowest BCUT2D eigenvalue weighted by Crippen LogP contribution is -2.30.